The third-order valence-electron chi connectivity index (χ3n) is 2.00. The molecule has 0 aromatic heterocycles. The number of hydroxylamine groups is 1. The molecule has 6 heteroatoms. The summed E-state index contributed by atoms with van der Waals surface area (Å²) >= 11 is 0. The lowest BCUT2D eigenvalue weighted by atomic mass is 10.2. The average molecular weight is 268 g/mol. The molecule has 0 aliphatic rings. The van der Waals surface area contributed by atoms with Crippen molar-refractivity contribution in [1.29, 1.82) is 0 Å². The second-order valence-electron chi connectivity index (χ2n) is 4.40. The normalized spacial score (nSPS) is 9.47. The van der Waals surface area contributed by atoms with Gasteiger partial charge in [-0.3, -0.25) is 25.3 Å². The van der Waals surface area contributed by atoms with E-state index in [2.05, 4.69) is 5.32 Å². The lowest BCUT2D eigenvalue weighted by molar-refractivity contribution is -0.459. The van der Waals surface area contributed by atoms with Gasteiger partial charge >= 0.3 is 0 Å². The molecule has 0 bridgehead atoms. The minimum atomic E-state index is 0.998. The van der Waals surface area contributed by atoms with Gasteiger partial charge in [-0.15, -0.1) is 0 Å². The highest BCUT2D eigenvalue weighted by molar-refractivity contribution is 5.81. The second-order valence-corrected chi connectivity index (χ2v) is 4.40. The summed E-state index contributed by atoms with van der Waals surface area (Å²) in [4.78, 5) is 5.15. The van der Waals surface area contributed by atoms with E-state index in [9.17, 15) is 0 Å². The smallest absolute Gasteiger partial charge is 0.236 e. The number of nitrogens with two attached hydrogens (primary N) is 1. The lowest BCUT2D eigenvalue weighted by Gasteiger charge is -2.17. The molecule has 108 valence electrons. The molecule has 1 aromatic carbocycles. The van der Waals surface area contributed by atoms with Crippen molar-refractivity contribution >= 4 is 17.7 Å². The van der Waals surface area contributed by atoms with Crippen LogP contribution in [0.25, 0.3) is 0 Å². The topological polar surface area (TPSA) is 56.8 Å². The van der Waals surface area contributed by atoms with Crippen LogP contribution < -0.4 is 16.2 Å². The van der Waals surface area contributed by atoms with Crippen LogP contribution in [0, 0.1) is 0 Å². The van der Waals surface area contributed by atoms with Gasteiger partial charge in [-0.1, -0.05) is 12.1 Å². The molecule has 6 nitrogen and oxygen atoms in total. The van der Waals surface area contributed by atoms with Crippen LogP contribution in [-0.2, 0) is 4.84 Å². The molecular formula is C13H26N5O+. The SMILES string of the molecule is CN(C)N.CON(C)c1ccccc1NC=[N+](C)C. The Morgan fingerprint density at radius 2 is 1.74 bits per heavy atom. The van der Waals surface area contributed by atoms with E-state index in [1.165, 1.54) is 5.01 Å². The Morgan fingerprint density at radius 1 is 1.21 bits per heavy atom. The summed E-state index contributed by atoms with van der Waals surface area (Å²) in [6, 6.07) is 7.96. The zero-order chi connectivity index (χ0) is 14.8. The van der Waals surface area contributed by atoms with Crippen molar-refractivity contribution in [1.82, 2.24) is 5.01 Å². The van der Waals surface area contributed by atoms with Crippen molar-refractivity contribution in [2.45, 2.75) is 0 Å². The van der Waals surface area contributed by atoms with Gasteiger partial charge in [-0.05, 0) is 12.1 Å². The van der Waals surface area contributed by atoms with Gasteiger partial charge in [0.25, 0.3) is 0 Å². The second kappa shape index (κ2) is 9.32. The van der Waals surface area contributed by atoms with Gasteiger partial charge in [0.05, 0.1) is 21.2 Å². The Labute approximate surface area is 116 Å². The van der Waals surface area contributed by atoms with Gasteiger partial charge in [0, 0.05) is 21.1 Å². The first kappa shape index (κ1) is 17.4. The van der Waals surface area contributed by atoms with Crippen molar-refractivity contribution in [2.75, 3.05) is 52.7 Å². The molecule has 0 saturated carbocycles. The van der Waals surface area contributed by atoms with E-state index < -0.39 is 0 Å². The maximum atomic E-state index is 5.15. The summed E-state index contributed by atoms with van der Waals surface area (Å²) in [6.07, 6.45) is 1.89. The number of anilines is 2. The van der Waals surface area contributed by atoms with E-state index in [4.69, 9.17) is 10.7 Å². The summed E-state index contributed by atoms with van der Waals surface area (Å²) in [5, 5.41) is 6.42. The van der Waals surface area contributed by atoms with E-state index in [-0.39, 0.29) is 0 Å². The summed E-state index contributed by atoms with van der Waals surface area (Å²) < 4.78 is 1.95. The monoisotopic (exact) mass is 268 g/mol. The van der Waals surface area contributed by atoms with Gasteiger partial charge in [0.2, 0.25) is 6.34 Å². The lowest BCUT2D eigenvalue weighted by Crippen LogP contribution is -2.18. The Balaban J connectivity index is 0.000000711. The van der Waals surface area contributed by atoms with E-state index in [1.54, 1.807) is 26.3 Å². The van der Waals surface area contributed by atoms with Crippen molar-refractivity contribution < 1.29 is 9.41 Å². The van der Waals surface area contributed by atoms with Crippen molar-refractivity contribution in [3.8, 4) is 0 Å². The zero-order valence-corrected chi connectivity index (χ0v) is 12.7. The number of nitrogens with zero attached hydrogens (tertiary/aromatic N) is 3. The molecule has 0 atom stereocenters. The predicted molar refractivity (Wildman–Crippen MR) is 81.5 cm³/mol. The third kappa shape index (κ3) is 8.15. The Hall–Kier alpha value is -1.63. The molecule has 0 saturated heterocycles. The van der Waals surface area contributed by atoms with E-state index >= 15 is 0 Å². The number of benzene rings is 1. The van der Waals surface area contributed by atoms with Crippen LogP contribution in [0.3, 0.4) is 0 Å². The highest BCUT2D eigenvalue weighted by atomic mass is 16.7. The maximum absolute atomic E-state index is 5.15. The first-order chi connectivity index (χ1) is 8.88. The maximum Gasteiger partial charge on any atom is 0.236 e. The molecule has 0 heterocycles. The molecule has 1 rings (SSSR count). The summed E-state index contributed by atoms with van der Waals surface area (Å²) in [5.74, 6) is 4.94. The third-order valence-corrected chi connectivity index (χ3v) is 2.00. The molecule has 19 heavy (non-hydrogen) atoms. The van der Waals surface area contributed by atoms with Gasteiger partial charge in [0.15, 0.2) is 0 Å². The van der Waals surface area contributed by atoms with Crippen molar-refractivity contribution in [3.63, 3.8) is 0 Å². The van der Waals surface area contributed by atoms with Crippen LogP contribution in [0.5, 0.6) is 0 Å². The molecule has 1 aromatic rings. The van der Waals surface area contributed by atoms with E-state index in [0.29, 0.717) is 0 Å². The largest absolute Gasteiger partial charge is 0.277 e. The quantitative estimate of drug-likeness (QED) is 0.278. The molecule has 0 radical (unpaired) electrons. The van der Waals surface area contributed by atoms with Gasteiger partial charge in [-0.2, -0.15) is 0 Å². The van der Waals surface area contributed by atoms with Gasteiger partial charge in [-0.25, -0.2) is 5.32 Å². The number of hydrazine groups is 1. The molecule has 0 fully saturated rings. The predicted octanol–water partition coefficient (Wildman–Crippen LogP) is 0.818. The van der Waals surface area contributed by atoms with Crippen LogP contribution in [0.2, 0.25) is 0 Å². The van der Waals surface area contributed by atoms with Crippen LogP contribution in [0.1, 0.15) is 0 Å². The standard InChI is InChI=1S/C11H17N3O.C2H8N2/c1-13(2)9-12-10-7-5-6-8-11(10)14(3)15-4;1-4(2)3/h5-9H,1-4H3;3H2,1-2H3/p+1. The fourth-order valence-corrected chi connectivity index (χ4v) is 1.17. The van der Waals surface area contributed by atoms with Crippen LogP contribution >= 0.6 is 0 Å². The number of hydrogen-bond acceptors (Lipinski definition) is 4. The van der Waals surface area contributed by atoms with Crippen LogP contribution in [0.15, 0.2) is 24.3 Å². The molecule has 3 N–H and O–H groups in total. The average Bonchev–Trinajstić information content (AvgIpc) is 2.35. The molecule has 0 unspecified atom stereocenters. The Kier molecular flexibility index (Phi) is 8.52. The van der Waals surface area contributed by atoms with Crippen LogP contribution in [0.4, 0.5) is 11.4 Å². The molecule has 0 amide bonds. The van der Waals surface area contributed by atoms with Gasteiger partial charge < -0.3 is 0 Å². The zero-order valence-electron chi connectivity index (χ0n) is 12.7. The highest BCUT2D eigenvalue weighted by Gasteiger charge is 2.07. The fraction of sp³-hybridized carbons (Fsp3) is 0.462. The van der Waals surface area contributed by atoms with E-state index in [1.807, 2.05) is 56.3 Å². The molecular weight excluding hydrogens is 242 g/mol. The number of nitrogens with one attached hydrogen (secondary N) is 1. The Bertz CT molecular complexity index is 386. The van der Waals surface area contributed by atoms with Crippen molar-refractivity contribution in [2.24, 2.45) is 5.84 Å². The first-order valence-electron chi connectivity index (χ1n) is 5.93. The minimum Gasteiger partial charge on any atom is -0.277 e. The Morgan fingerprint density at radius 3 is 2.21 bits per heavy atom. The number of hydrogen-bond donors (Lipinski definition) is 2. The summed E-state index contributed by atoms with van der Waals surface area (Å²) in [5.41, 5.74) is 2.01. The highest BCUT2D eigenvalue weighted by Crippen LogP contribution is 2.23. The van der Waals surface area contributed by atoms with E-state index in [0.717, 1.165) is 11.4 Å². The summed E-state index contributed by atoms with van der Waals surface area (Å²) in [7, 11) is 11.0. The van der Waals surface area contributed by atoms with Crippen LogP contribution in [-0.4, -0.2) is 58.3 Å². The van der Waals surface area contributed by atoms with Crippen molar-refractivity contribution in [3.05, 3.63) is 24.3 Å². The first-order valence-corrected chi connectivity index (χ1v) is 5.93. The molecule has 0 aliphatic carbocycles. The minimum absolute atomic E-state index is 0.998. The number of para-hydroxylation sites is 2. The van der Waals surface area contributed by atoms with Gasteiger partial charge in [0.1, 0.15) is 11.4 Å². The molecule has 0 spiro atoms. The number of rotatable bonds is 4. The fourth-order valence-electron chi connectivity index (χ4n) is 1.17. The summed E-state index contributed by atoms with van der Waals surface area (Å²) in [6.45, 7) is 0. The molecule has 0 aliphatic heterocycles.